The van der Waals surface area contributed by atoms with Crippen molar-refractivity contribution >= 4 is 44.7 Å². The average molecular weight is 496 g/mol. The maximum Gasteiger partial charge on any atom is 0.268 e. The quantitative estimate of drug-likeness (QED) is 0.400. The van der Waals surface area contributed by atoms with Gasteiger partial charge in [-0.3, -0.25) is 0 Å². The summed E-state index contributed by atoms with van der Waals surface area (Å²) in [4.78, 5) is 13.2. The predicted octanol–water partition coefficient (Wildman–Crippen LogP) is 5.05. The van der Waals surface area contributed by atoms with Crippen LogP contribution in [0.25, 0.3) is 11.2 Å². The van der Waals surface area contributed by atoms with Crippen LogP contribution in [-0.4, -0.2) is 19.5 Å². The van der Waals surface area contributed by atoms with E-state index >= 15 is 0 Å². The van der Waals surface area contributed by atoms with Crippen LogP contribution in [0.5, 0.6) is 0 Å². The van der Waals surface area contributed by atoms with Crippen molar-refractivity contribution < 1.29 is 9.47 Å². The Labute approximate surface area is 191 Å². The zero-order valence-electron chi connectivity index (χ0n) is 16.3. The van der Waals surface area contributed by atoms with E-state index in [1.54, 1.807) is 6.26 Å². The van der Waals surface area contributed by atoms with Crippen LogP contribution in [0.2, 0.25) is 0 Å². The number of halogens is 1. The number of ether oxygens (including phenoxy) is 2. The molecule has 2 aromatic carbocycles. The third-order valence-corrected chi connectivity index (χ3v) is 6.46. The van der Waals surface area contributed by atoms with E-state index in [1.165, 1.54) is 23.7 Å². The lowest BCUT2D eigenvalue weighted by Gasteiger charge is -2.13. The minimum atomic E-state index is -0.509. The molecule has 0 amide bonds. The van der Waals surface area contributed by atoms with Crippen LogP contribution in [-0.2, 0) is 22.4 Å². The van der Waals surface area contributed by atoms with Gasteiger partial charge in [0.15, 0.2) is 22.1 Å². The molecule has 7 nitrogen and oxygen atoms in total. The van der Waals surface area contributed by atoms with Crippen molar-refractivity contribution in [3.8, 4) is 0 Å². The predicted molar refractivity (Wildman–Crippen MR) is 123 cm³/mol. The Morgan fingerprint density at radius 2 is 1.87 bits per heavy atom. The summed E-state index contributed by atoms with van der Waals surface area (Å²) in [6, 6.07) is 18.1. The van der Waals surface area contributed by atoms with Crippen molar-refractivity contribution in [1.29, 1.82) is 0 Å². The van der Waals surface area contributed by atoms with Gasteiger partial charge in [-0.25, -0.2) is 15.0 Å². The third kappa shape index (κ3) is 4.11. The monoisotopic (exact) mass is 495 g/mol. The molecule has 0 saturated carbocycles. The van der Waals surface area contributed by atoms with Crippen molar-refractivity contribution in [3.63, 3.8) is 0 Å². The number of rotatable bonds is 6. The van der Waals surface area contributed by atoms with Crippen molar-refractivity contribution in [3.05, 3.63) is 87.9 Å². The number of hydrogen-bond acceptors (Lipinski definition) is 7. The molecule has 0 aliphatic carbocycles. The number of aryl methyl sites for hydroxylation is 2. The minimum absolute atomic E-state index is 0.356. The van der Waals surface area contributed by atoms with E-state index in [1.807, 2.05) is 47.0 Å². The van der Waals surface area contributed by atoms with Gasteiger partial charge in [0.2, 0.25) is 5.09 Å². The number of aromatic nitrogens is 4. The first-order valence-corrected chi connectivity index (χ1v) is 11.2. The first-order chi connectivity index (χ1) is 15.2. The molecular formula is C22H18BrN5O2S. The second-order valence-corrected chi connectivity index (χ2v) is 8.69. The summed E-state index contributed by atoms with van der Waals surface area (Å²) in [6.45, 7) is 0.696. The first-order valence-electron chi connectivity index (χ1n) is 9.64. The summed E-state index contributed by atoms with van der Waals surface area (Å²) in [6.07, 6.45) is 3.40. The normalized spacial score (nSPS) is 15.5. The molecule has 2 N–H and O–H groups in total. The van der Waals surface area contributed by atoms with Crippen molar-refractivity contribution in [2.45, 2.75) is 24.4 Å². The molecule has 5 rings (SSSR count). The van der Waals surface area contributed by atoms with Crippen LogP contribution in [0.1, 0.15) is 17.4 Å². The Morgan fingerprint density at radius 1 is 1.06 bits per heavy atom. The molecule has 0 fully saturated rings. The Hall–Kier alpha value is -3.04. The molecule has 4 aromatic rings. The highest BCUT2D eigenvalue weighted by atomic mass is 79.9. The van der Waals surface area contributed by atoms with Gasteiger partial charge in [0.1, 0.15) is 12.6 Å². The second kappa shape index (κ2) is 8.60. The molecule has 0 spiro atoms. The SMILES string of the molecule is Nc1ncnc2c1nc(SC1=COC(c3ccccc3Br)O1)n2CCc1ccccc1. The van der Waals surface area contributed by atoms with Gasteiger partial charge in [-0.15, -0.1) is 0 Å². The molecule has 9 heteroatoms. The molecular weight excluding hydrogens is 478 g/mol. The van der Waals surface area contributed by atoms with Gasteiger partial charge in [0.05, 0.1) is 0 Å². The van der Waals surface area contributed by atoms with Gasteiger partial charge in [-0.2, -0.15) is 0 Å². The molecule has 2 aromatic heterocycles. The summed E-state index contributed by atoms with van der Waals surface area (Å²) >= 11 is 4.92. The number of fused-ring (bicyclic) bond motifs is 1. The molecule has 1 unspecified atom stereocenters. The van der Waals surface area contributed by atoms with E-state index in [-0.39, 0.29) is 0 Å². The van der Waals surface area contributed by atoms with Crippen LogP contribution in [0.3, 0.4) is 0 Å². The smallest absolute Gasteiger partial charge is 0.268 e. The lowest BCUT2D eigenvalue weighted by atomic mass is 10.1. The van der Waals surface area contributed by atoms with Crippen molar-refractivity contribution in [2.24, 2.45) is 0 Å². The van der Waals surface area contributed by atoms with E-state index in [0.717, 1.165) is 21.6 Å². The van der Waals surface area contributed by atoms with E-state index in [9.17, 15) is 0 Å². The van der Waals surface area contributed by atoms with Crippen LogP contribution in [0.15, 0.2) is 81.9 Å². The fourth-order valence-corrected chi connectivity index (χ4v) is 4.63. The summed E-state index contributed by atoms with van der Waals surface area (Å²) in [7, 11) is 0. The Balaban J connectivity index is 1.40. The topological polar surface area (TPSA) is 88.1 Å². The standard InChI is InChI=1S/C22H18BrN5O2S/c23-16-9-5-4-8-15(16)21-29-12-17(30-21)31-22-27-18-19(24)25-13-26-20(18)28(22)11-10-14-6-2-1-3-7-14/h1-9,12-13,21H,10-11H2,(H2,24,25,26). The van der Waals surface area contributed by atoms with Crippen molar-refractivity contribution in [2.75, 3.05) is 5.73 Å². The van der Waals surface area contributed by atoms with Gasteiger partial charge in [0.25, 0.3) is 6.29 Å². The molecule has 1 atom stereocenters. The summed E-state index contributed by atoms with van der Waals surface area (Å²) in [5.41, 5.74) is 9.49. The fraction of sp³-hybridized carbons (Fsp3) is 0.136. The molecule has 0 radical (unpaired) electrons. The maximum atomic E-state index is 6.06. The zero-order valence-corrected chi connectivity index (χ0v) is 18.7. The fourth-order valence-electron chi connectivity index (χ4n) is 3.32. The minimum Gasteiger partial charge on any atom is -0.454 e. The maximum absolute atomic E-state index is 6.06. The van der Waals surface area contributed by atoms with Crippen LogP contribution in [0, 0.1) is 0 Å². The van der Waals surface area contributed by atoms with Crippen molar-refractivity contribution in [1.82, 2.24) is 19.5 Å². The zero-order chi connectivity index (χ0) is 21.2. The summed E-state index contributed by atoms with van der Waals surface area (Å²) in [5.74, 6) is 0.356. The second-order valence-electron chi connectivity index (χ2n) is 6.86. The summed E-state index contributed by atoms with van der Waals surface area (Å²) < 4.78 is 14.7. The molecule has 1 aliphatic heterocycles. The van der Waals surface area contributed by atoms with E-state index in [0.29, 0.717) is 28.6 Å². The number of imidazole rings is 1. The number of nitrogens with zero attached hydrogens (tertiary/aromatic N) is 4. The van der Waals surface area contributed by atoms with Crippen LogP contribution >= 0.6 is 27.7 Å². The number of nitrogen functional groups attached to an aromatic ring is 1. The van der Waals surface area contributed by atoms with E-state index < -0.39 is 6.29 Å². The summed E-state index contributed by atoms with van der Waals surface area (Å²) in [5, 5.41) is 1.34. The lowest BCUT2D eigenvalue weighted by molar-refractivity contribution is -0.0278. The number of benzene rings is 2. The molecule has 0 saturated heterocycles. The molecule has 31 heavy (non-hydrogen) atoms. The highest BCUT2D eigenvalue weighted by molar-refractivity contribution is 9.10. The average Bonchev–Trinajstić information content (AvgIpc) is 3.39. The highest BCUT2D eigenvalue weighted by Crippen LogP contribution is 2.40. The third-order valence-electron chi connectivity index (χ3n) is 4.85. The molecule has 0 bridgehead atoms. The molecule has 1 aliphatic rings. The Bertz CT molecular complexity index is 1260. The number of nitrogens with two attached hydrogens (primary N) is 1. The number of hydrogen-bond donors (Lipinski definition) is 1. The lowest BCUT2D eigenvalue weighted by Crippen LogP contribution is -2.05. The number of thioether (sulfide) groups is 1. The van der Waals surface area contributed by atoms with Crippen LogP contribution in [0.4, 0.5) is 5.82 Å². The van der Waals surface area contributed by atoms with Gasteiger partial charge >= 0.3 is 0 Å². The molecule has 156 valence electrons. The Kier molecular flexibility index (Phi) is 5.52. The highest BCUT2D eigenvalue weighted by Gasteiger charge is 2.26. The Morgan fingerprint density at radius 3 is 2.71 bits per heavy atom. The van der Waals surface area contributed by atoms with Gasteiger partial charge in [0, 0.05) is 16.6 Å². The van der Waals surface area contributed by atoms with E-state index in [4.69, 9.17) is 20.2 Å². The van der Waals surface area contributed by atoms with Gasteiger partial charge in [-0.05, 0) is 29.8 Å². The van der Waals surface area contributed by atoms with Gasteiger partial charge < -0.3 is 19.8 Å². The van der Waals surface area contributed by atoms with Gasteiger partial charge in [-0.1, -0.05) is 64.5 Å². The van der Waals surface area contributed by atoms with E-state index in [2.05, 4.69) is 38.0 Å². The molecule has 3 heterocycles. The van der Waals surface area contributed by atoms with Crippen LogP contribution < -0.4 is 5.73 Å². The number of anilines is 1. The first kappa shape index (κ1) is 19.9. The largest absolute Gasteiger partial charge is 0.454 e.